The van der Waals surface area contributed by atoms with Gasteiger partial charge in [-0.25, -0.2) is 0 Å². The Hall–Kier alpha value is -1.20. The predicted octanol–water partition coefficient (Wildman–Crippen LogP) is 1.38. The summed E-state index contributed by atoms with van der Waals surface area (Å²) in [5, 5.41) is 7.75. The number of hydrogen-bond acceptors (Lipinski definition) is 4. The average molecular weight is 256 g/mol. The number of amides is 1. The van der Waals surface area contributed by atoms with Crippen LogP contribution in [0.1, 0.15) is 23.3 Å². The van der Waals surface area contributed by atoms with Crippen LogP contribution in [0, 0.1) is 0 Å². The molecule has 0 aliphatic carbocycles. The molecule has 0 saturated carbocycles. The number of nitrogens with zero attached hydrogens (tertiary/aromatic N) is 3. The Balaban J connectivity index is 2.06. The van der Waals surface area contributed by atoms with Crippen LogP contribution in [-0.2, 0) is 4.74 Å². The van der Waals surface area contributed by atoms with E-state index in [-0.39, 0.29) is 17.2 Å². The average Bonchev–Trinajstić information content (AvgIpc) is 2.39. The van der Waals surface area contributed by atoms with Crippen molar-refractivity contribution in [1.82, 2.24) is 15.1 Å². The van der Waals surface area contributed by atoms with Crippen molar-refractivity contribution >= 4 is 17.5 Å². The quantitative estimate of drug-likeness (QED) is 0.801. The molecule has 1 atom stereocenters. The molecule has 92 valence electrons. The lowest BCUT2D eigenvalue weighted by atomic mass is 10.1. The zero-order chi connectivity index (χ0) is 12.3. The molecule has 0 radical (unpaired) electrons. The molecule has 1 aromatic rings. The van der Waals surface area contributed by atoms with Gasteiger partial charge in [0, 0.05) is 20.2 Å². The molecular formula is C11H14ClN3O2. The molecule has 1 fully saturated rings. The summed E-state index contributed by atoms with van der Waals surface area (Å²) < 4.78 is 5.28. The fourth-order valence-corrected chi connectivity index (χ4v) is 2.01. The first-order chi connectivity index (χ1) is 8.20. The predicted molar refractivity (Wildman–Crippen MR) is 63.0 cm³/mol. The molecule has 0 aromatic carbocycles. The molecule has 17 heavy (non-hydrogen) atoms. The number of ether oxygens (including phenoxy) is 1. The highest BCUT2D eigenvalue weighted by molar-refractivity contribution is 6.29. The molecule has 6 heteroatoms. The number of carbonyl (C=O) groups excluding carboxylic acids is 1. The van der Waals surface area contributed by atoms with Gasteiger partial charge in [0.25, 0.3) is 5.91 Å². The van der Waals surface area contributed by atoms with E-state index in [4.69, 9.17) is 16.3 Å². The van der Waals surface area contributed by atoms with Gasteiger partial charge in [-0.15, -0.1) is 10.2 Å². The zero-order valence-electron chi connectivity index (χ0n) is 9.60. The number of halogens is 1. The summed E-state index contributed by atoms with van der Waals surface area (Å²) in [4.78, 5) is 13.8. The van der Waals surface area contributed by atoms with Crippen molar-refractivity contribution in [3.63, 3.8) is 0 Å². The minimum atomic E-state index is -0.115. The van der Waals surface area contributed by atoms with E-state index in [1.54, 1.807) is 24.1 Å². The van der Waals surface area contributed by atoms with Gasteiger partial charge in [0.1, 0.15) is 0 Å². The maximum Gasteiger partial charge on any atom is 0.274 e. The van der Waals surface area contributed by atoms with Crippen molar-refractivity contribution in [2.45, 2.75) is 18.9 Å². The first-order valence-corrected chi connectivity index (χ1v) is 5.90. The van der Waals surface area contributed by atoms with Gasteiger partial charge in [0.2, 0.25) is 0 Å². The van der Waals surface area contributed by atoms with E-state index in [1.807, 2.05) is 0 Å². The maximum atomic E-state index is 12.1. The molecule has 2 heterocycles. The fraction of sp³-hybridized carbons (Fsp3) is 0.545. The monoisotopic (exact) mass is 255 g/mol. The summed E-state index contributed by atoms with van der Waals surface area (Å²) in [7, 11) is 1.67. The van der Waals surface area contributed by atoms with Crippen LogP contribution in [-0.4, -0.2) is 47.3 Å². The number of likely N-dealkylation sites (tertiary alicyclic amines) is 1. The molecule has 0 spiro atoms. The fourth-order valence-electron chi connectivity index (χ4n) is 1.91. The van der Waals surface area contributed by atoms with E-state index in [0.717, 1.165) is 19.4 Å². The third-order valence-electron chi connectivity index (χ3n) is 2.85. The molecule has 0 bridgehead atoms. The van der Waals surface area contributed by atoms with E-state index in [2.05, 4.69) is 10.2 Å². The highest BCUT2D eigenvalue weighted by atomic mass is 35.5. The first kappa shape index (κ1) is 12.3. The summed E-state index contributed by atoms with van der Waals surface area (Å²) >= 11 is 5.63. The number of aromatic nitrogens is 2. The van der Waals surface area contributed by atoms with Crippen molar-refractivity contribution in [3.05, 3.63) is 23.0 Å². The SMILES string of the molecule is COC1CCCN(C(=O)c2ccc(Cl)nn2)C1. The Bertz CT molecular complexity index is 396. The highest BCUT2D eigenvalue weighted by Gasteiger charge is 2.25. The van der Waals surface area contributed by atoms with Crippen LogP contribution in [0.3, 0.4) is 0 Å². The Labute approximate surface area is 105 Å². The summed E-state index contributed by atoms with van der Waals surface area (Å²) in [6, 6.07) is 3.16. The summed E-state index contributed by atoms with van der Waals surface area (Å²) in [5.74, 6) is -0.115. The lowest BCUT2D eigenvalue weighted by molar-refractivity contribution is 0.0265. The number of methoxy groups -OCH3 is 1. The number of piperidine rings is 1. The molecule has 1 amide bonds. The molecule has 1 aliphatic heterocycles. The zero-order valence-corrected chi connectivity index (χ0v) is 10.4. The second-order valence-corrected chi connectivity index (χ2v) is 4.38. The summed E-state index contributed by atoms with van der Waals surface area (Å²) in [6.45, 7) is 1.35. The van der Waals surface area contributed by atoms with Gasteiger partial charge < -0.3 is 9.64 Å². The van der Waals surface area contributed by atoms with Gasteiger partial charge >= 0.3 is 0 Å². The van der Waals surface area contributed by atoms with Gasteiger partial charge in [0.05, 0.1) is 6.10 Å². The number of hydrogen-bond donors (Lipinski definition) is 0. The standard InChI is InChI=1S/C11H14ClN3O2/c1-17-8-3-2-6-15(7-8)11(16)9-4-5-10(12)14-13-9/h4-5,8H,2-3,6-7H2,1H3. The molecule has 5 nitrogen and oxygen atoms in total. The first-order valence-electron chi connectivity index (χ1n) is 5.52. The molecule has 2 rings (SSSR count). The normalized spacial score (nSPS) is 20.4. The smallest absolute Gasteiger partial charge is 0.274 e. The van der Waals surface area contributed by atoms with E-state index < -0.39 is 0 Å². The van der Waals surface area contributed by atoms with Crippen molar-refractivity contribution in [2.75, 3.05) is 20.2 Å². The topological polar surface area (TPSA) is 55.3 Å². The number of carbonyl (C=O) groups is 1. The summed E-state index contributed by atoms with van der Waals surface area (Å²) in [5.41, 5.74) is 0.325. The molecule has 1 aliphatic rings. The van der Waals surface area contributed by atoms with Crippen LogP contribution >= 0.6 is 11.6 Å². The molecule has 1 unspecified atom stereocenters. The van der Waals surface area contributed by atoms with Crippen LogP contribution in [0.15, 0.2) is 12.1 Å². The third-order valence-corrected chi connectivity index (χ3v) is 3.05. The van der Waals surface area contributed by atoms with E-state index >= 15 is 0 Å². The van der Waals surface area contributed by atoms with E-state index in [9.17, 15) is 4.79 Å². The minimum Gasteiger partial charge on any atom is -0.380 e. The molecule has 0 N–H and O–H groups in total. The van der Waals surface area contributed by atoms with Crippen LogP contribution in [0.5, 0.6) is 0 Å². The van der Waals surface area contributed by atoms with E-state index in [0.29, 0.717) is 12.2 Å². The second kappa shape index (κ2) is 5.42. The van der Waals surface area contributed by atoms with Gasteiger partial charge in [-0.3, -0.25) is 4.79 Å². The van der Waals surface area contributed by atoms with Gasteiger partial charge in [-0.2, -0.15) is 0 Å². The number of rotatable bonds is 2. The molecule has 1 saturated heterocycles. The van der Waals surface area contributed by atoms with Gasteiger partial charge in [-0.05, 0) is 25.0 Å². The lowest BCUT2D eigenvalue weighted by Gasteiger charge is -2.31. The largest absolute Gasteiger partial charge is 0.380 e. The van der Waals surface area contributed by atoms with E-state index in [1.165, 1.54) is 0 Å². The molecule has 1 aromatic heterocycles. The van der Waals surface area contributed by atoms with Gasteiger partial charge in [0.15, 0.2) is 10.8 Å². The van der Waals surface area contributed by atoms with Crippen LogP contribution < -0.4 is 0 Å². The molecular weight excluding hydrogens is 242 g/mol. The Kier molecular flexibility index (Phi) is 3.91. The van der Waals surface area contributed by atoms with Crippen LogP contribution in [0.25, 0.3) is 0 Å². The minimum absolute atomic E-state index is 0.115. The van der Waals surface area contributed by atoms with Crippen molar-refractivity contribution in [3.8, 4) is 0 Å². The Morgan fingerprint density at radius 1 is 1.53 bits per heavy atom. The van der Waals surface area contributed by atoms with Gasteiger partial charge in [-0.1, -0.05) is 11.6 Å². The van der Waals surface area contributed by atoms with Crippen LogP contribution in [0.2, 0.25) is 5.15 Å². The van der Waals surface area contributed by atoms with Crippen molar-refractivity contribution in [1.29, 1.82) is 0 Å². The summed E-state index contributed by atoms with van der Waals surface area (Å²) in [6.07, 6.45) is 2.06. The van der Waals surface area contributed by atoms with Crippen molar-refractivity contribution in [2.24, 2.45) is 0 Å². The second-order valence-electron chi connectivity index (χ2n) is 3.99. The maximum absolute atomic E-state index is 12.1. The Morgan fingerprint density at radius 3 is 3.00 bits per heavy atom. The third kappa shape index (κ3) is 2.92. The highest BCUT2D eigenvalue weighted by Crippen LogP contribution is 2.15. The lowest BCUT2D eigenvalue weighted by Crippen LogP contribution is -2.43. The Morgan fingerprint density at radius 2 is 2.35 bits per heavy atom. The van der Waals surface area contributed by atoms with Crippen molar-refractivity contribution < 1.29 is 9.53 Å². The van der Waals surface area contributed by atoms with Crippen LogP contribution in [0.4, 0.5) is 0 Å².